The molecule has 0 aliphatic carbocycles. The van der Waals surface area contributed by atoms with E-state index in [0.29, 0.717) is 25.6 Å². The van der Waals surface area contributed by atoms with Crippen molar-refractivity contribution in [2.45, 2.75) is 19.3 Å². The Kier molecular flexibility index (Phi) is 7.34. The molecule has 9 heteroatoms. The molecule has 0 bridgehead atoms. The molecule has 1 aromatic heterocycles. The number of urea groups is 1. The van der Waals surface area contributed by atoms with E-state index in [1.807, 2.05) is 30.3 Å². The van der Waals surface area contributed by atoms with Crippen LogP contribution in [0.4, 0.5) is 16.4 Å². The SMILES string of the molecule is NC(=O)N(CCCCN1CCN(c2ccc3c(c2)OCCCO3)CC1)c1cc2cc(Br)ccc2o1. The van der Waals surface area contributed by atoms with E-state index in [9.17, 15) is 4.79 Å². The number of rotatable bonds is 7. The summed E-state index contributed by atoms with van der Waals surface area (Å²) < 4.78 is 18.4. The van der Waals surface area contributed by atoms with E-state index < -0.39 is 6.03 Å². The van der Waals surface area contributed by atoms with Gasteiger partial charge in [-0.25, -0.2) is 4.79 Å². The maximum Gasteiger partial charge on any atom is 0.321 e. The average Bonchev–Trinajstić information content (AvgIpc) is 3.11. The third kappa shape index (κ3) is 5.67. The van der Waals surface area contributed by atoms with E-state index in [-0.39, 0.29) is 0 Å². The molecule has 0 unspecified atom stereocenters. The van der Waals surface area contributed by atoms with E-state index in [1.54, 1.807) is 0 Å². The maximum absolute atomic E-state index is 12.1. The standard InChI is InChI=1S/C26H31BrN4O4/c27-20-4-6-22-19(16-20)17-25(35-22)31(26(28)32)9-2-1-8-29-10-12-30(13-11-29)21-5-7-23-24(18-21)34-15-3-14-33-23/h4-7,16-18H,1-3,8-15H2,(H2,28,32). The summed E-state index contributed by atoms with van der Waals surface area (Å²) in [5.41, 5.74) is 7.57. The molecule has 2 aromatic carbocycles. The minimum Gasteiger partial charge on any atom is -0.490 e. The van der Waals surface area contributed by atoms with Crippen LogP contribution in [0.2, 0.25) is 0 Å². The van der Waals surface area contributed by atoms with E-state index in [0.717, 1.165) is 78.9 Å². The van der Waals surface area contributed by atoms with E-state index in [1.165, 1.54) is 10.6 Å². The quantitative estimate of drug-likeness (QED) is 0.430. The number of amides is 2. The van der Waals surface area contributed by atoms with Gasteiger partial charge in [0.15, 0.2) is 11.5 Å². The Morgan fingerprint density at radius 3 is 2.57 bits per heavy atom. The number of nitrogens with two attached hydrogens (primary N) is 1. The minimum atomic E-state index is -0.494. The summed E-state index contributed by atoms with van der Waals surface area (Å²) >= 11 is 3.47. The fraction of sp³-hybridized carbons (Fsp3) is 0.423. The number of carbonyl (C=O) groups excluding carboxylic acids is 1. The number of hydrogen-bond acceptors (Lipinski definition) is 6. The number of unbranched alkanes of at least 4 members (excludes halogenated alkanes) is 1. The smallest absolute Gasteiger partial charge is 0.321 e. The van der Waals surface area contributed by atoms with Crippen LogP contribution in [-0.4, -0.2) is 63.4 Å². The van der Waals surface area contributed by atoms with Crippen LogP contribution < -0.4 is 25.0 Å². The van der Waals surface area contributed by atoms with Crippen LogP contribution in [0.15, 0.2) is 51.4 Å². The van der Waals surface area contributed by atoms with Gasteiger partial charge in [-0.3, -0.25) is 9.80 Å². The highest BCUT2D eigenvalue weighted by Crippen LogP contribution is 2.34. The predicted molar refractivity (Wildman–Crippen MR) is 141 cm³/mol. The highest BCUT2D eigenvalue weighted by atomic mass is 79.9. The monoisotopic (exact) mass is 542 g/mol. The van der Waals surface area contributed by atoms with Crippen LogP contribution in [0.25, 0.3) is 11.0 Å². The van der Waals surface area contributed by atoms with Gasteiger partial charge in [-0.05, 0) is 49.7 Å². The number of halogens is 1. The molecule has 0 radical (unpaired) electrons. The normalized spacial score (nSPS) is 16.3. The molecule has 2 aliphatic heterocycles. The van der Waals surface area contributed by atoms with Gasteiger partial charge in [0, 0.05) is 66.8 Å². The second-order valence-electron chi connectivity index (χ2n) is 8.97. The summed E-state index contributed by atoms with van der Waals surface area (Å²) in [4.78, 5) is 18.5. The number of anilines is 2. The molecule has 8 nitrogen and oxygen atoms in total. The molecule has 2 aliphatic rings. The maximum atomic E-state index is 12.1. The number of carbonyl (C=O) groups is 1. The van der Waals surface area contributed by atoms with Gasteiger partial charge in [0.1, 0.15) is 5.58 Å². The molecule has 2 amide bonds. The van der Waals surface area contributed by atoms with Crippen molar-refractivity contribution in [3.8, 4) is 11.5 Å². The largest absolute Gasteiger partial charge is 0.490 e. The topological polar surface area (TPSA) is 84.4 Å². The third-order valence-electron chi connectivity index (χ3n) is 6.57. The first-order chi connectivity index (χ1) is 17.1. The molecule has 35 heavy (non-hydrogen) atoms. The number of ether oxygens (including phenoxy) is 2. The lowest BCUT2D eigenvalue weighted by Crippen LogP contribution is -2.46. The van der Waals surface area contributed by atoms with Crippen LogP contribution >= 0.6 is 15.9 Å². The summed E-state index contributed by atoms with van der Waals surface area (Å²) in [5, 5.41) is 0.937. The molecule has 3 heterocycles. The van der Waals surface area contributed by atoms with Gasteiger partial charge in [-0.1, -0.05) is 15.9 Å². The number of furan rings is 1. The molecule has 0 saturated carbocycles. The highest BCUT2D eigenvalue weighted by molar-refractivity contribution is 9.10. The lowest BCUT2D eigenvalue weighted by molar-refractivity contribution is 0.248. The Morgan fingerprint density at radius 1 is 0.971 bits per heavy atom. The zero-order valence-electron chi connectivity index (χ0n) is 19.7. The van der Waals surface area contributed by atoms with Gasteiger partial charge in [0.25, 0.3) is 0 Å². The van der Waals surface area contributed by atoms with Crippen LogP contribution in [0.3, 0.4) is 0 Å². The van der Waals surface area contributed by atoms with E-state index in [4.69, 9.17) is 19.6 Å². The van der Waals surface area contributed by atoms with Crippen LogP contribution in [0.5, 0.6) is 11.5 Å². The fourth-order valence-electron chi connectivity index (χ4n) is 4.65. The van der Waals surface area contributed by atoms with Gasteiger partial charge in [-0.15, -0.1) is 0 Å². The third-order valence-corrected chi connectivity index (χ3v) is 7.07. The zero-order valence-corrected chi connectivity index (χ0v) is 21.3. The first-order valence-corrected chi connectivity index (χ1v) is 13.0. The van der Waals surface area contributed by atoms with Crippen molar-refractivity contribution in [3.63, 3.8) is 0 Å². The molecule has 186 valence electrons. The van der Waals surface area contributed by atoms with Crippen molar-refractivity contribution in [1.82, 2.24) is 4.90 Å². The van der Waals surface area contributed by atoms with Gasteiger partial charge in [-0.2, -0.15) is 0 Å². The van der Waals surface area contributed by atoms with Crippen LogP contribution in [-0.2, 0) is 0 Å². The average molecular weight is 543 g/mol. The van der Waals surface area contributed by atoms with E-state index >= 15 is 0 Å². The number of nitrogens with zero attached hydrogens (tertiary/aromatic N) is 3. The highest BCUT2D eigenvalue weighted by Gasteiger charge is 2.20. The second-order valence-corrected chi connectivity index (χ2v) is 9.89. The second kappa shape index (κ2) is 10.8. The lowest BCUT2D eigenvalue weighted by atomic mass is 10.2. The minimum absolute atomic E-state index is 0.494. The molecule has 5 rings (SSSR count). The molecule has 0 atom stereocenters. The zero-order chi connectivity index (χ0) is 24.2. The van der Waals surface area contributed by atoms with Crippen LogP contribution in [0, 0.1) is 0 Å². The van der Waals surface area contributed by atoms with Crippen molar-refractivity contribution in [1.29, 1.82) is 0 Å². The molecule has 1 saturated heterocycles. The lowest BCUT2D eigenvalue weighted by Gasteiger charge is -2.36. The predicted octanol–water partition coefficient (Wildman–Crippen LogP) is 4.84. The molecule has 3 aromatic rings. The molecular formula is C26H31BrN4O4. The Morgan fingerprint density at radius 2 is 1.77 bits per heavy atom. The van der Waals surface area contributed by atoms with Crippen molar-refractivity contribution in [3.05, 3.63) is 46.9 Å². The molecule has 0 spiro atoms. The summed E-state index contributed by atoms with van der Waals surface area (Å²) in [7, 11) is 0. The fourth-order valence-corrected chi connectivity index (χ4v) is 5.02. The van der Waals surface area contributed by atoms with Crippen molar-refractivity contribution < 1.29 is 18.7 Å². The van der Waals surface area contributed by atoms with Gasteiger partial charge >= 0.3 is 6.03 Å². The van der Waals surface area contributed by atoms with E-state index in [2.05, 4.69) is 37.9 Å². The van der Waals surface area contributed by atoms with Gasteiger partial charge in [0.05, 0.1) is 13.2 Å². The van der Waals surface area contributed by atoms with Crippen molar-refractivity contribution in [2.24, 2.45) is 5.73 Å². The Balaban J connectivity index is 1.09. The van der Waals surface area contributed by atoms with Crippen molar-refractivity contribution in [2.75, 3.05) is 62.3 Å². The number of hydrogen-bond donors (Lipinski definition) is 1. The molecular weight excluding hydrogens is 512 g/mol. The first kappa shape index (κ1) is 23.8. The van der Waals surface area contributed by atoms with Gasteiger partial charge in [0.2, 0.25) is 5.88 Å². The van der Waals surface area contributed by atoms with Crippen molar-refractivity contribution >= 4 is 44.5 Å². The number of piperazine rings is 1. The Hall–Kier alpha value is -2.91. The Bertz CT molecular complexity index is 1180. The van der Waals surface area contributed by atoms with Crippen LogP contribution in [0.1, 0.15) is 19.3 Å². The summed E-state index contributed by atoms with van der Waals surface area (Å²) in [5.74, 6) is 2.18. The number of benzene rings is 2. The van der Waals surface area contributed by atoms with Gasteiger partial charge < -0.3 is 24.5 Å². The number of fused-ring (bicyclic) bond motifs is 2. The summed E-state index contributed by atoms with van der Waals surface area (Å²) in [6, 6.07) is 13.4. The molecule has 1 fully saturated rings. The summed E-state index contributed by atoms with van der Waals surface area (Å²) in [6.45, 7) is 6.90. The number of primary amides is 1. The molecule has 2 N–H and O–H groups in total. The Labute approximate surface area is 213 Å². The first-order valence-electron chi connectivity index (χ1n) is 12.2. The summed E-state index contributed by atoms with van der Waals surface area (Å²) in [6.07, 6.45) is 2.75.